The van der Waals surface area contributed by atoms with Gasteiger partial charge < -0.3 is 14.6 Å². The lowest BCUT2D eigenvalue weighted by Gasteiger charge is -2.12. The molecule has 0 amide bonds. The number of aliphatic hydroxyl groups excluding tert-OH is 1. The second-order valence-electron chi connectivity index (χ2n) is 3.80. The van der Waals surface area contributed by atoms with E-state index in [4.69, 9.17) is 9.47 Å². The Labute approximate surface area is 120 Å². The molecule has 0 bridgehead atoms. The van der Waals surface area contributed by atoms with Gasteiger partial charge in [-0.1, -0.05) is 6.58 Å². The fourth-order valence-corrected chi connectivity index (χ4v) is 1.43. The van der Waals surface area contributed by atoms with Crippen LogP contribution in [0.2, 0.25) is 0 Å². The average molecular weight is 362 g/mol. The second-order valence-corrected chi connectivity index (χ2v) is 5.04. The van der Waals surface area contributed by atoms with E-state index >= 15 is 0 Å². The number of esters is 1. The molecular formula is C13H15IO4. The Morgan fingerprint density at radius 2 is 2.00 bits per heavy atom. The number of carbonyl (C=O) groups excluding carboxylic acids is 1. The lowest BCUT2D eigenvalue weighted by Crippen LogP contribution is -2.25. The molecule has 0 spiro atoms. The number of carbonyl (C=O) groups is 1. The number of halogens is 1. The van der Waals surface area contributed by atoms with Crippen LogP contribution in [0.25, 0.3) is 0 Å². The molecule has 4 nitrogen and oxygen atoms in total. The fourth-order valence-electron chi connectivity index (χ4n) is 1.07. The maximum Gasteiger partial charge on any atom is 0.333 e. The Kier molecular flexibility index (Phi) is 6.14. The Bertz CT molecular complexity index is 414. The molecule has 1 aromatic rings. The van der Waals surface area contributed by atoms with Gasteiger partial charge in [-0.05, 0) is 53.8 Å². The standard InChI is InChI=1S/C13H15IO4/c1-9(2)13(16)18-8-11(15)7-17-12-5-3-10(14)4-6-12/h3-6,11,15H,1,7-8H2,2H3. The number of rotatable bonds is 6. The van der Waals surface area contributed by atoms with E-state index in [2.05, 4.69) is 29.2 Å². The molecule has 1 aromatic carbocycles. The number of hydrogen-bond acceptors (Lipinski definition) is 4. The van der Waals surface area contributed by atoms with Crippen molar-refractivity contribution in [2.45, 2.75) is 13.0 Å². The van der Waals surface area contributed by atoms with E-state index in [1.165, 1.54) is 0 Å². The van der Waals surface area contributed by atoms with E-state index in [1.807, 2.05) is 24.3 Å². The van der Waals surface area contributed by atoms with Crippen LogP contribution in [0.15, 0.2) is 36.4 Å². The zero-order chi connectivity index (χ0) is 13.5. The summed E-state index contributed by atoms with van der Waals surface area (Å²) in [5, 5.41) is 9.56. The summed E-state index contributed by atoms with van der Waals surface area (Å²) < 4.78 is 11.3. The van der Waals surface area contributed by atoms with Crippen molar-refractivity contribution in [3.8, 4) is 5.75 Å². The Morgan fingerprint density at radius 3 is 2.56 bits per heavy atom. The summed E-state index contributed by atoms with van der Waals surface area (Å²) >= 11 is 2.19. The highest BCUT2D eigenvalue weighted by atomic mass is 127. The summed E-state index contributed by atoms with van der Waals surface area (Å²) in [5.74, 6) is 0.156. The molecule has 98 valence electrons. The largest absolute Gasteiger partial charge is 0.491 e. The van der Waals surface area contributed by atoms with Crippen molar-refractivity contribution in [1.29, 1.82) is 0 Å². The zero-order valence-electron chi connectivity index (χ0n) is 10.1. The number of ether oxygens (including phenoxy) is 2. The van der Waals surface area contributed by atoms with E-state index in [0.717, 1.165) is 3.57 Å². The first-order valence-electron chi connectivity index (χ1n) is 5.38. The predicted octanol–water partition coefficient (Wildman–Crippen LogP) is 2.15. The van der Waals surface area contributed by atoms with E-state index in [1.54, 1.807) is 6.92 Å². The molecule has 0 aliphatic heterocycles. The van der Waals surface area contributed by atoms with Crippen LogP contribution in [-0.4, -0.2) is 30.4 Å². The van der Waals surface area contributed by atoms with E-state index in [9.17, 15) is 9.90 Å². The number of aliphatic hydroxyl groups is 1. The third-order valence-electron chi connectivity index (χ3n) is 2.01. The van der Waals surface area contributed by atoms with Crippen LogP contribution >= 0.6 is 22.6 Å². The van der Waals surface area contributed by atoms with Crippen LogP contribution in [0.5, 0.6) is 5.75 Å². The molecule has 0 aliphatic rings. The van der Waals surface area contributed by atoms with Gasteiger partial charge in [0, 0.05) is 9.14 Å². The molecule has 0 aliphatic carbocycles. The number of hydrogen-bond donors (Lipinski definition) is 1. The van der Waals surface area contributed by atoms with Gasteiger partial charge in [-0.3, -0.25) is 0 Å². The van der Waals surface area contributed by atoms with E-state index < -0.39 is 12.1 Å². The molecule has 5 heteroatoms. The van der Waals surface area contributed by atoms with Gasteiger partial charge in [-0.2, -0.15) is 0 Å². The molecule has 1 atom stereocenters. The van der Waals surface area contributed by atoms with E-state index in [0.29, 0.717) is 11.3 Å². The molecule has 0 heterocycles. The van der Waals surface area contributed by atoms with Crippen LogP contribution in [0.1, 0.15) is 6.92 Å². The maximum absolute atomic E-state index is 11.1. The van der Waals surface area contributed by atoms with Crippen molar-refractivity contribution in [2.75, 3.05) is 13.2 Å². The monoisotopic (exact) mass is 362 g/mol. The summed E-state index contributed by atoms with van der Waals surface area (Å²) in [6, 6.07) is 7.44. The van der Waals surface area contributed by atoms with Crippen LogP contribution in [0.3, 0.4) is 0 Å². The summed E-state index contributed by atoms with van der Waals surface area (Å²) in [6.45, 7) is 4.97. The normalized spacial score (nSPS) is 11.7. The van der Waals surface area contributed by atoms with Gasteiger partial charge in [-0.15, -0.1) is 0 Å². The highest BCUT2D eigenvalue weighted by Crippen LogP contribution is 2.13. The van der Waals surface area contributed by atoms with E-state index in [-0.39, 0.29) is 13.2 Å². The summed E-state index contributed by atoms with van der Waals surface area (Å²) in [4.78, 5) is 11.1. The minimum absolute atomic E-state index is 0.0735. The summed E-state index contributed by atoms with van der Waals surface area (Å²) in [7, 11) is 0. The molecule has 1 unspecified atom stereocenters. The molecule has 0 saturated heterocycles. The second kappa shape index (κ2) is 7.38. The maximum atomic E-state index is 11.1. The molecule has 0 fully saturated rings. The van der Waals surface area contributed by atoms with Crippen molar-refractivity contribution in [3.63, 3.8) is 0 Å². The van der Waals surface area contributed by atoms with Crippen LogP contribution in [-0.2, 0) is 9.53 Å². The van der Waals surface area contributed by atoms with Gasteiger partial charge in [0.05, 0.1) is 0 Å². The lowest BCUT2D eigenvalue weighted by atomic mass is 10.3. The first-order chi connectivity index (χ1) is 8.49. The van der Waals surface area contributed by atoms with Gasteiger partial charge in [0.2, 0.25) is 0 Å². The molecular weight excluding hydrogens is 347 g/mol. The molecule has 18 heavy (non-hydrogen) atoms. The summed E-state index contributed by atoms with van der Waals surface area (Å²) in [6.07, 6.45) is -0.854. The predicted molar refractivity (Wildman–Crippen MR) is 76.4 cm³/mol. The van der Waals surface area contributed by atoms with Crippen molar-refractivity contribution in [1.82, 2.24) is 0 Å². The molecule has 1 N–H and O–H groups in total. The Hall–Kier alpha value is -1.08. The van der Waals surface area contributed by atoms with Crippen molar-refractivity contribution < 1.29 is 19.4 Å². The quantitative estimate of drug-likeness (QED) is 0.479. The summed E-state index contributed by atoms with van der Waals surface area (Å²) in [5.41, 5.74) is 0.306. The van der Waals surface area contributed by atoms with Crippen LogP contribution in [0, 0.1) is 3.57 Å². The fraction of sp³-hybridized carbons (Fsp3) is 0.308. The Morgan fingerprint density at radius 1 is 1.39 bits per heavy atom. The van der Waals surface area contributed by atoms with Crippen molar-refractivity contribution in [2.24, 2.45) is 0 Å². The highest BCUT2D eigenvalue weighted by molar-refractivity contribution is 14.1. The first kappa shape index (κ1) is 15.0. The van der Waals surface area contributed by atoms with Gasteiger partial charge in [0.15, 0.2) is 0 Å². The first-order valence-corrected chi connectivity index (χ1v) is 6.46. The third-order valence-corrected chi connectivity index (χ3v) is 2.73. The minimum atomic E-state index is -0.854. The highest BCUT2D eigenvalue weighted by Gasteiger charge is 2.10. The topological polar surface area (TPSA) is 55.8 Å². The molecule has 0 radical (unpaired) electrons. The lowest BCUT2D eigenvalue weighted by molar-refractivity contribution is -0.142. The molecule has 1 rings (SSSR count). The van der Waals surface area contributed by atoms with Crippen LogP contribution < -0.4 is 4.74 Å². The van der Waals surface area contributed by atoms with Crippen LogP contribution in [0.4, 0.5) is 0 Å². The Balaban J connectivity index is 2.28. The smallest absolute Gasteiger partial charge is 0.333 e. The van der Waals surface area contributed by atoms with Gasteiger partial charge in [0.1, 0.15) is 25.1 Å². The van der Waals surface area contributed by atoms with Crippen molar-refractivity contribution >= 4 is 28.6 Å². The van der Waals surface area contributed by atoms with Crippen molar-refractivity contribution in [3.05, 3.63) is 40.0 Å². The third kappa shape index (κ3) is 5.50. The average Bonchev–Trinajstić information content (AvgIpc) is 2.35. The van der Waals surface area contributed by atoms with Gasteiger partial charge >= 0.3 is 5.97 Å². The molecule has 0 aromatic heterocycles. The minimum Gasteiger partial charge on any atom is -0.491 e. The zero-order valence-corrected chi connectivity index (χ0v) is 12.2. The SMILES string of the molecule is C=C(C)C(=O)OCC(O)COc1ccc(I)cc1. The molecule has 0 saturated carbocycles. The van der Waals surface area contributed by atoms with Gasteiger partial charge in [-0.25, -0.2) is 4.79 Å². The number of benzene rings is 1. The van der Waals surface area contributed by atoms with Gasteiger partial charge in [0.25, 0.3) is 0 Å².